The Labute approximate surface area is 173 Å². The van der Waals surface area contributed by atoms with Crippen LogP contribution in [0, 0.1) is 17.0 Å². The first kappa shape index (κ1) is 22.9. The zero-order chi connectivity index (χ0) is 22.0. The number of benzene rings is 2. The lowest BCUT2D eigenvalue weighted by Gasteiger charge is -2.15. The molecule has 4 N–H and O–H groups in total. The standard InChI is InChI=1S/C16H19ClN4O6S2/c1-3-6-19-14-5-4-11(28(18,24)25)8-15(14)20-29(26,27)12-7-13(17)10(2)16(9-12)21(22)23/h4-5,7-9,19-20H,3,6H2,1-2H3,(H2,18,24,25). The van der Waals surface area contributed by atoms with Crippen molar-refractivity contribution in [2.45, 2.75) is 30.1 Å². The van der Waals surface area contributed by atoms with Crippen LogP contribution in [0.15, 0.2) is 40.1 Å². The van der Waals surface area contributed by atoms with Gasteiger partial charge < -0.3 is 5.32 Å². The van der Waals surface area contributed by atoms with Gasteiger partial charge in [0, 0.05) is 18.2 Å². The number of nitro benzene ring substituents is 1. The van der Waals surface area contributed by atoms with Gasteiger partial charge >= 0.3 is 0 Å². The molecule has 13 heteroatoms. The van der Waals surface area contributed by atoms with Crippen molar-refractivity contribution in [3.63, 3.8) is 0 Å². The molecule has 0 spiro atoms. The van der Waals surface area contributed by atoms with Crippen LogP contribution in [0.1, 0.15) is 18.9 Å². The number of hydrogen-bond acceptors (Lipinski definition) is 7. The van der Waals surface area contributed by atoms with Gasteiger partial charge in [0.05, 0.1) is 31.1 Å². The van der Waals surface area contributed by atoms with Crippen molar-refractivity contribution in [3.05, 3.63) is 51.0 Å². The molecule has 10 nitrogen and oxygen atoms in total. The van der Waals surface area contributed by atoms with Crippen LogP contribution in [0.5, 0.6) is 0 Å². The van der Waals surface area contributed by atoms with E-state index in [0.717, 1.165) is 24.6 Å². The minimum atomic E-state index is -4.33. The number of nitrogens with one attached hydrogen (secondary N) is 2. The van der Waals surface area contributed by atoms with Gasteiger partial charge in [0.2, 0.25) is 10.0 Å². The molecule has 0 aliphatic rings. The van der Waals surface area contributed by atoms with Gasteiger partial charge in [-0.25, -0.2) is 22.0 Å². The van der Waals surface area contributed by atoms with E-state index < -0.39 is 35.6 Å². The Balaban J connectivity index is 2.57. The molecule has 0 atom stereocenters. The van der Waals surface area contributed by atoms with E-state index in [0.29, 0.717) is 12.2 Å². The summed E-state index contributed by atoms with van der Waals surface area (Å²) in [6.07, 6.45) is 0.725. The van der Waals surface area contributed by atoms with Crippen molar-refractivity contribution in [2.75, 3.05) is 16.6 Å². The van der Waals surface area contributed by atoms with Crippen LogP contribution >= 0.6 is 11.6 Å². The van der Waals surface area contributed by atoms with Crippen LogP contribution in [0.2, 0.25) is 5.02 Å². The third-order valence-electron chi connectivity index (χ3n) is 3.93. The monoisotopic (exact) mass is 462 g/mol. The molecule has 2 aromatic rings. The molecule has 0 fully saturated rings. The zero-order valence-corrected chi connectivity index (χ0v) is 17.9. The SMILES string of the molecule is CCCNc1ccc(S(N)(=O)=O)cc1NS(=O)(=O)c1cc(Cl)c(C)c([N+](=O)[O-])c1. The van der Waals surface area contributed by atoms with E-state index >= 15 is 0 Å². The van der Waals surface area contributed by atoms with Crippen LogP contribution in [0.25, 0.3) is 0 Å². The highest BCUT2D eigenvalue weighted by Gasteiger charge is 2.24. The molecule has 0 radical (unpaired) electrons. The summed E-state index contributed by atoms with van der Waals surface area (Å²) >= 11 is 5.95. The molecule has 158 valence electrons. The average Bonchev–Trinajstić information content (AvgIpc) is 2.61. The van der Waals surface area contributed by atoms with E-state index in [1.165, 1.54) is 19.1 Å². The first-order valence-electron chi connectivity index (χ1n) is 8.25. The van der Waals surface area contributed by atoms with Gasteiger partial charge in [-0.2, -0.15) is 0 Å². The molecule has 0 saturated heterocycles. The van der Waals surface area contributed by atoms with Crippen molar-refractivity contribution in [1.29, 1.82) is 0 Å². The molecule has 0 amide bonds. The molecule has 29 heavy (non-hydrogen) atoms. The second-order valence-electron chi connectivity index (χ2n) is 6.09. The van der Waals surface area contributed by atoms with E-state index in [-0.39, 0.29) is 21.2 Å². The Bertz CT molecular complexity index is 1170. The number of halogens is 1. The number of hydrogen-bond donors (Lipinski definition) is 3. The Hall–Kier alpha value is -2.41. The van der Waals surface area contributed by atoms with Crippen LogP contribution in [-0.2, 0) is 20.0 Å². The maximum Gasteiger partial charge on any atom is 0.275 e. The summed E-state index contributed by atoms with van der Waals surface area (Å²) in [6, 6.07) is 5.63. The summed E-state index contributed by atoms with van der Waals surface area (Å²) in [7, 11) is -8.42. The molecular weight excluding hydrogens is 444 g/mol. The first-order chi connectivity index (χ1) is 13.4. The molecule has 0 aliphatic carbocycles. The van der Waals surface area contributed by atoms with Gasteiger partial charge in [-0.05, 0) is 37.6 Å². The Morgan fingerprint density at radius 1 is 1.10 bits per heavy atom. The maximum atomic E-state index is 12.8. The fraction of sp³-hybridized carbons (Fsp3) is 0.250. The molecule has 2 rings (SSSR count). The van der Waals surface area contributed by atoms with E-state index in [1.54, 1.807) is 0 Å². The summed E-state index contributed by atoms with van der Waals surface area (Å²) in [5.41, 5.74) is -0.0995. The van der Waals surface area contributed by atoms with E-state index in [9.17, 15) is 26.9 Å². The normalized spacial score (nSPS) is 11.9. The summed E-state index contributed by atoms with van der Waals surface area (Å²) in [4.78, 5) is 9.70. The molecule has 0 heterocycles. The third kappa shape index (κ3) is 5.35. The van der Waals surface area contributed by atoms with Crippen LogP contribution in [-0.4, -0.2) is 28.3 Å². The minimum Gasteiger partial charge on any atom is -0.383 e. The second-order valence-corrected chi connectivity index (χ2v) is 9.74. The molecule has 0 unspecified atom stereocenters. The summed E-state index contributed by atoms with van der Waals surface area (Å²) in [5, 5.41) is 19.2. The van der Waals surface area contributed by atoms with Crippen LogP contribution < -0.4 is 15.2 Å². The van der Waals surface area contributed by atoms with Gasteiger partial charge in [0.15, 0.2) is 0 Å². The molecule has 2 aromatic carbocycles. The van der Waals surface area contributed by atoms with Crippen molar-refractivity contribution >= 4 is 48.7 Å². The summed E-state index contributed by atoms with van der Waals surface area (Å²) < 4.78 is 51.2. The Kier molecular flexibility index (Phi) is 6.73. The number of sulfonamides is 2. The fourth-order valence-electron chi connectivity index (χ4n) is 2.39. The summed E-state index contributed by atoms with van der Waals surface area (Å²) in [6.45, 7) is 3.78. The molecule has 0 aromatic heterocycles. The number of nitro groups is 1. The molecule has 0 aliphatic heterocycles. The summed E-state index contributed by atoms with van der Waals surface area (Å²) in [5.74, 6) is 0. The highest BCUT2D eigenvalue weighted by Crippen LogP contribution is 2.32. The van der Waals surface area contributed by atoms with Crippen LogP contribution in [0.4, 0.5) is 17.1 Å². The lowest BCUT2D eigenvalue weighted by molar-refractivity contribution is -0.385. The minimum absolute atomic E-state index is 0.0793. The predicted octanol–water partition coefficient (Wildman–Crippen LogP) is 2.83. The van der Waals surface area contributed by atoms with Gasteiger partial charge in [0.25, 0.3) is 15.7 Å². The fourth-order valence-corrected chi connectivity index (χ4v) is 4.32. The van der Waals surface area contributed by atoms with Gasteiger partial charge in [0.1, 0.15) is 0 Å². The van der Waals surface area contributed by atoms with Gasteiger partial charge in [-0.3, -0.25) is 14.8 Å². The van der Waals surface area contributed by atoms with Gasteiger partial charge in [-0.15, -0.1) is 0 Å². The quantitative estimate of drug-likeness (QED) is 0.401. The highest BCUT2D eigenvalue weighted by molar-refractivity contribution is 7.92. The lowest BCUT2D eigenvalue weighted by atomic mass is 10.2. The number of nitrogens with zero attached hydrogens (tertiary/aromatic N) is 1. The number of rotatable bonds is 8. The number of nitrogens with two attached hydrogens (primary N) is 1. The molecule has 0 saturated carbocycles. The van der Waals surface area contributed by atoms with E-state index in [2.05, 4.69) is 10.0 Å². The Morgan fingerprint density at radius 2 is 1.76 bits per heavy atom. The average molecular weight is 463 g/mol. The molecule has 0 bridgehead atoms. The maximum absolute atomic E-state index is 12.8. The smallest absolute Gasteiger partial charge is 0.275 e. The van der Waals surface area contributed by atoms with Crippen molar-refractivity contribution < 1.29 is 21.8 Å². The second kappa shape index (κ2) is 8.53. The predicted molar refractivity (Wildman–Crippen MR) is 110 cm³/mol. The zero-order valence-electron chi connectivity index (χ0n) is 15.5. The Morgan fingerprint density at radius 3 is 2.31 bits per heavy atom. The van der Waals surface area contributed by atoms with Crippen molar-refractivity contribution in [1.82, 2.24) is 0 Å². The third-order valence-corrected chi connectivity index (χ3v) is 6.58. The highest BCUT2D eigenvalue weighted by atomic mass is 35.5. The largest absolute Gasteiger partial charge is 0.383 e. The van der Waals surface area contributed by atoms with E-state index in [4.69, 9.17) is 16.7 Å². The van der Waals surface area contributed by atoms with E-state index in [1.807, 2.05) is 6.92 Å². The topological polar surface area (TPSA) is 162 Å². The first-order valence-corrected chi connectivity index (χ1v) is 11.7. The number of anilines is 2. The number of primary sulfonamides is 1. The lowest BCUT2D eigenvalue weighted by Crippen LogP contribution is -2.17. The molecular formula is C16H19ClN4O6S2. The van der Waals surface area contributed by atoms with Crippen LogP contribution in [0.3, 0.4) is 0 Å². The van der Waals surface area contributed by atoms with Crippen molar-refractivity contribution in [3.8, 4) is 0 Å². The van der Waals surface area contributed by atoms with Gasteiger partial charge in [-0.1, -0.05) is 18.5 Å². The van der Waals surface area contributed by atoms with Crippen molar-refractivity contribution in [2.24, 2.45) is 5.14 Å².